The second-order valence-electron chi connectivity index (χ2n) is 7.57. The van der Waals surface area contributed by atoms with Crippen LogP contribution in [0, 0.1) is 0 Å². The van der Waals surface area contributed by atoms with Crippen molar-refractivity contribution < 1.29 is 23.9 Å². The highest BCUT2D eigenvalue weighted by molar-refractivity contribution is 6.23. The number of nitrogens with zero attached hydrogens (tertiary/aromatic N) is 1. The molecule has 0 unspecified atom stereocenters. The lowest BCUT2D eigenvalue weighted by Gasteiger charge is -2.17. The first-order chi connectivity index (χ1) is 15.3. The zero-order valence-electron chi connectivity index (χ0n) is 18.5. The summed E-state index contributed by atoms with van der Waals surface area (Å²) in [5.74, 6) is -0.557. The number of para-hydroxylation sites is 1. The van der Waals surface area contributed by atoms with Crippen molar-refractivity contribution in [3.05, 3.63) is 77.0 Å². The first-order valence-electron chi connectivity index (χ1n) is 10.2. The number of esters is 1. The molecule has 2 amide bonds. The molecule has 0 aromatic heterocycles. The maximum absolute atomic E-state index is 13.2. The zero-order chi connectivity index (χ0) is 23.3. The number of amides is 2. The fraction of sp³-hybridized carbons (Fsp3) is 0.240. The molecule has 2 aromatic rings. The van der Waals surface area contributed by atoms with Crippen LogP contribution in [0.15, 0.2) is 71.4 Å². The number of nitrogens with one attached hydrogen (secondary N) is 1. The molecule has 32 heavy (non-hydrogen) atoms. The molecule has 1 aliphatic rings. The van der Waals surface area contributed by atoms with Crippen molar-refractivity contribution in [2.24, 2.45) is 0 Å². The number of carbonyl (C=O) groups is 3. The van der Waals surface area contributed by atoms with Crippen LogP contribution in [0.1, 0.15) is 26.3 Å². The molecule has 0 spiro atoms. The summed E-state index contributed by atoms with van der Waals surface area (Å²) in [6.45, 7) is 5.39. The molecule has 0 aliphatic carbocycles. The molecular formula is C25H26N2O5. The molecule has 0 radical (unpaired) electrons. The standard InChI is InChI=1S/C25H26N2O5/c1-16(2)26-22(28)15-32-20-12-10-18(11-13-20)14-21-23(25(30)31-4)17(3)27(24(21)29)19-8-6-5-7-9-19/h5-14,16H,15H2,1-4H3,(H,26,28)/b21-14-. The zero-order valence-corrected chi connectivity index (χ0v) is 18.5. The molecule has 0 atom stereocenters. The molecule has 1 heterocycles. The molecule has 7 nitrogen and oxygen atoms in total. The molecule has 1 aliphatic heterocycles. The molecule has 0 saturated carbocycles. The summed E-state index contributed by atoms with van der Waals surface area (Å²) in [5, 5.41) is 2.76. The van der Waals surface area contributed by atoms with Gasteiger partial charge in [-0.1, -0.05) is 30.3 Å². The summed E-state index contributed by atoms with van der Waals surface area (Å²) in [7, 11) is 1.29. The van der Waals surface area contributed by atoms with Crippen molar-refractivity contribution in [2.45, 2.75) is 26.8 Å². The Morgan fingerprint density at radius 2 is 1.72 bits per heavy atom. The van der Waals surface area contributed by atoms with E-state index >= 15 is 0 Å². The summed E-state index contributed by atoms with van der Waals surface area (Å²) in [4.78, 5) is 38.9. The Morgan fingerprint density at radius 3 is 2.31 bits per heavy atom. The Bertz CT molecular complexity index is 1070. The number of ether oxygens (including phenoxy) is 2. The third-order valence-corrected chi connectivity index (χ3v) is 4.81. The van der Waals surface area contributed by atoms with E-state index in [-0.39, 0.29) is 35.6 Å². The highest BCUT2D eigenvalue weighted by Crippen LogP contribution is 2.35. The van der Waals surface area contributed by atoms with Crippen molar-refractivity contribution in [1.29, 1.82) is 0 Å². The summed E-state index contributed by atoms with van der Waals surface area (Å²) < 4.78 is 10.4. The van der Waals surface area contributed by atoms with E-state index in [2.05, 4.69) is 5.32 Å². The van der Waals surface area contributed by atoms with Gasteiger partial charge in [-0.2, -0.15) is 0 Å². The first kappa shape index (κ1) is 22.8. The van der Waals surface area contributed by atoms with Gasteiger partial charge in [0.25, 0.3) is 11.8 Å². The maximum Gasteiger partial charge on any atom is 0.340 e. The van der Waals surface area contributed by atoms with Crippen LogP contribution in [0.4, 0.5) is 5.69 Å². The van der Waals surface area contributed by atoms with Crippen LogP contribution >= 0.6 is 0 Å². The average molecular weight is 434 g/mol. The van der Waals surface area contributed by atoms with E-state index in [9.17, 15) is 14.4 Å². The van der Waals surface area contributed by atoms with E-state index in [0.29, 0.717) is 22.7 Å². The largest absolute Gasteiger partial charge is 0.484 e. The smallest absolute Gasteiger partial charge is 0.340 e. The second kappa shape index (κ2) is 9.96. The van der Waals surface area contributed by atoms with Crippen molar-refractivity contribution in [3.63, 3.8) is 0 Å². The van der Waals surface area contributed by atoms with E-state index in [1.807, 2.05) is 32.0 Å². The number of hydrogen-bond acceptors (Lipinski definition) is 5. The third kappa shape index (κ3) is 5.06. The summed E-state index contributed by atoms with van der Waals surface area (Å²) >= 11 is 0. The SMILES string of the molecule is COC(=O)C1=C(C)N(c2ccccc2)C(=O)/C1=C\c1ccc(OCC(=O)NC(C)C)cc1. The van der Waals surface area contributed by atoms with E-state index in [1.165, 1.54) is 12.0 Å². The van der Waals surface area contributed by atoms with Crippen LogP contribution < -0.4 is 15.0 Å². The maximum atomic E-state index is 13.2. The van der Waals surface area contributed by atoms with Gasteiger partial charge in [-0.05, 0) is 56.7 Å². The predicted molar refractivity (Wildman–Crippen MR) is 122 cm³/mol. The molecule has 1 N–H and O–H groups in total. The van der Waals surface area contributed by atoms with Gasteiger partial charge in [-0.25, -0.2) is 4.79 Å². The van der Waals surface area contributed by atoms with Crippen molar-refractivity contribution >= 4 is 29.5 Å². The van der Waals surface area contributed by atoms with Crippen LogP contribution in [0.2, 0.25) is 0 Å². The minimum absolute atomic E-state index is 0.0417. The lowest BCUT2D eigenvalue weighted by Crippen LogP contribution is -2.34. The van der Waals surface area contributed by atoms with Gasteiger partial charge in [-0.15, -0.1) is 0 Å². The highest BCUT2D eigenvalue weighted by Gasteiger charge is 2.37. The molecular weight excluding hydrogens is 408 g/mol. The predicted octanol–water partition coefficient (Wildman–Crippen LogP) is 3.47. The Balaban J connectivity index is 1.85. The molecule has 166 valence electrons. The fourth-order valence-corrected chi connectivity index (χ4v) is 3.41. The van der Waals surface area contributed by atoms with Crippen LogP contribution in [0.25, 0.3) is 6.08 Å². The fourth-order valence-electron chi connectivity index (χ4n) is 3.41. The lowest BCUT2D eigenvalue weighted by atomic mass is 10.0. The van der Waals surface area contributed by atoms with E-state index < -0.39 is 5.97 Å². The van der Waals surface area contributed by atoms with Crippen LogP contribution in [0.3, 0.4) is 0 Å². The van der Waals surface area contributed by atoms with Crippen LogP contribution in [0.5, 0.6) is 5.75 Å². The van der Waals surface area contributed by atoms with Crippen molar-refractivity contribution in [1.82, 2.24) is 5.32 Å². The van der Waals surface area contributed by atoms with Gasteiger partial charge in [0.05, 0.1) is 18.3 Å². The van der Waals surface area contributed by atoms with Gasteiger partial charge in [0.1, 0.15) is 5.75 Å². The summed E-state index contributed by atoms with van der Waals surface area (Å²) in [6.07, 6.45) is 1.65. The van der Waals surface area contributed by atoms with Gasteiger partial charge in [0, 0.05) is 17.4 Å². The molecule has 2 aromatic carbocycles. The molecule has 0 saturated heterocycles. The summed E-state index contributed by atoms with van der Waals surface area (Å²) in [5.41, 5.74) is 2.37. The van der Waals surface area contributed by atoms with E-state index in [0.717, 1.165) is 0 Å². The van der Waals surface area contributed by atoms with Gasteiger partial charge in [0.2, 0.25) is 0 Å². The van der Waals surface area contributed by atoms with Crippen LogP contribution in [-0.2, 0) is 19.1 Å². The topological polar surface area (TPSA) is 84.9 Å². The normalized spacial score (nSPS) is 14.8. The Kier molecular flexibility index (Phi) is 7.10. The van der Waals surface area contributed by atoms with Crippen LogP contribution in [-0.4, -0.2) is 37.5 Å². The van der Waals surface area contributed by atoms with Gasteiger partial charge < -0.3 is 14.8 Å². The number of anilines is 1. The monoisotopic (exact) mass is 434 g/mol. The van der Waals surface area contributed by atoms with Crippen molar-refractivity contribution in [2.75, 3.05) is 18.6 Å². The Labute approximate surface area is 187 Å². The van der Waals surface area contributed by atoms with Gasteiger partial charge in [-0.3, -0.25) is 14.5 Å². The molecule has 7 heteroatoms. The van der Waals surface area contributed by atoms with E-state index in [1.54, 1.807) is 49.4 Å². The number of allylic oxidation sites excluding steroid dienone is 1. The minimum Gasteiger partial charge on any atom is -0.484 e. The minimum atomic E-state index is -0.573. The lowest BCUT2D eigenvalue weighted by molar-refractivity contribution is -0.136. The van der Waals surface area contributed by atoms with E-state index in [4.69, 9.17) is 9.47 Å². The number of rotatable bonds is 7. The quantitative estimate of drug-likeness (QED) is 0.533. The average Bonchev–Trinajstić information content (AvgIpc) is 3.02. The van der Waals surface area contributed by atoms with Gasteiger partial charge in [0.15, 0.2) is 6.61 Å². The number of hydrogen-bond donors (Lipinski definition) is 1. The first-order valence-corrected chi connectivity index (χ1v) is 10.2. The Morgan fingerprint density at radius 1 is 1.06 bits per heavy atom. The molecule has 0 fully saturated rings. The highest BCUT2D eigenvalue weighted by atomic mass is 16.5. The third-order valence-electron chi connectivity index (χ3n) is 4.81. The second-order valence-corrected chi connectivity index (χ2v) is 7.57. The number of methoxy groups -OCH3 is 1. The number of carbonyl (C=O) groups excluding carboxylic acids is 3. The Hall–Kier alpha value is -3.87. The van der Waals surface area contributed by atoms with Gasteiger partial charge >= 0.3 is 5.97 Å². The molecule has 3 rings (SSSR count). The summed E-state index contributed by atoms with van der Waals surface area (Å²) in [6, 6.07) is 16.1. The molecule has 0 bridgehead atoms. The number of benzene rings is 2. The van der Waals surface area contributed by atoms with Crippen molar-refractivity contribution in [3.8, 4) is 5.75 Å².